The van der Waals surface area contributed by atoms with Crippen molar-refractivity contribution in [2.75, 3.05) is 13.2 Å². The lowest BCUT2D eigenvalue weighted by molar-refractivity contribution is 0.0257. The van der Waals surface area contributed by atoms with E-state index in [0.717, 1.165) is 12.8 Å². The molecular weight excluding hydrogens is 506 g/mol. The fraction of sp³-hybridized carbons (Fsp3) is 0.840. The first-order valence-corrected chi connectivity index (χ1v) is 13.1. The van der Waals surface area contributed by atoms with Crippen LogP contribution < -0.4 is 5.32 Å². The molecule has 0 saturated carbocycles. The van der Waals surface area contributed by atoms with E-state index >= 15 is 0 Å². The predicted molar refractivity (Wildman–Crippen MR) is 141 cm³/mol. The summed E-state index contributed by atoms with van der Waals surface area (Å²) < 4.78 is 17.5. The van der Waals surface area contributed by atoms with Gasteiger partial charge in [0.2, 0.25) is 0 Å². The lowest BCUT2D eigenvalue weighted by atomic mass is 10.2. The minimum absolute atomic E-state index is 0.0648. The van der Waals surface area contributed by atoms with Gasteiger partial charge in [0.15, 0.2) is 0 Å². The van der Waals surface area contributed by atoms with Crippen molar-refractivity contribution >= 4 is 24.6 Å². The molecule has 0 heterocycles. The van der Waals surface area contributed by atoms with Gasteiger partial charge in [-0.05, 0) is 51.9 Å². The van der Waals surface area contributed by atoms with Gasteiger partial charge in [-0.2, -0.15) is 0 Å². The van der Waals surface area contributed by atoms with Crippen molar-refractivity contribution in [2.24, 2.45) is 0 Å². The van der Waals surface area contributed by atoms with Crippen molar-refractivity contribution in [3.05, 3.63) is 0 Å². The summed E-state index contributed by atoms with van der Waals surface area (Å²) in [7, 11) is 0. The number of ether oxygens (including phenoxy) is 4. The van der Waals surface area contributed by atoms with E-state index in [1.807, 2.05) is 48.5 Å². The average molecular weight is 558 g/mol. The van der Waals surface area contributed by atoms with E-state index in [9.17, 15) is 19.2 Å². The van der Waals surface area contributed by atoms with E-state index in [-0.39, 0.29) is 24.9 Å². The van der Waals surface area contributed by atoms with Crippen molar-refractivity contribution in [1.82, 2.24) is 5.32 Å². The molecule has 0 bridgehead atoms. The van der Waals surface area contributed by atoms with Gasteiger partial charge in [0.1, 0.15) is 12.2 Å². The van der Waals surface area contributed by atoms with Crippen LogP contribution in [0.2, 0.25) is 0 Å². The van der Waals surface area contributed by atoms with Gasteiger partial charge in [-0.3, -0.25) is 0 Å². The van der Waals surface area contributed by atoms with Crippen LogP contribution in [0.15, 0.2) is 0 Å². The lowest BCUT2D eigenvalue weighted by Gasteiger charge is -2.12. The molecule has 0 aromatic rings. The number of amides is 1. The van der Waals surface area contributed by atoms with Crippen LogP contribution in [0.4, 0.5) is 19.2 Å². The van der Waals surface area contributed by atoms with Crippen LogP contribution >= 0.6 is 0 Å². The minimum Gasteiger partial charge on any atom is -0.449 e. The van der Waals surface area contributed by atoms with Gasteiger partial charge in [0.25, 0.3) is 0 Å². The first-order valence-electron chi connectivity index (χ1n) is 13.1. The molecule has 13 heteroatoms. The molecule has 0 aliphatic heterocycles. The Morgan fingerprint density at radius 2 is 1.00 bits per heavy atom. The van der Waals surface area contributed by atoms with Gasteiger partial charge in [-0.15, -0.1) is 0 Å². The minimum atomic E-state index is -1.65. The van der Waals surface area contributed by atoms with Crippen LogP contribution in [0, 0.1) is 0 Å². The van der Waals surface area contributed by atoms with Crippen molar-refractivity contribution < 1.29 is 58.6 Å². The molecule has 0 aliphatic carbocycles. The normalized spacial score (nSPS) is 10.5. The second-order valence-corrected chi connectivity index (χ2v) is 7.62. The van der Waals surface area contributed by atoms with Gasteiger partial charge in [0.05, 0.1) is 18.8 Å². The van der Waals surface area contributed by atoms with Crippen LogP contribution in [-0.4, -0.2) is 82.6 Å². The first-order chi connectivity index (χ1) is 17.8. The SMILES string of the molecule is CCC(CC)OC(=O)OC(=O)O.CCC(O)CC.CCC(O)CO.CCNC(=O)OC(=O)OC(CC)CC. The van der Waals surface area contributed by atoms with Crippen LogP contribution in [0.5, 0.6) is 0 Å². The fourth-order valence-corrected chi connectivity index (χ4v) is 1.98. The summed E-state index contributed by atoms with van der Waals surface area (Å²) in [6, 6.07) is 0. The molecule has 0 aliphatic rings. The molecule has 0 aromatic carbocycles. The molecule has 0 rings (SSSR count). The summed E-state index contributed by atoms with van der Waals surface area (Å²) in [6.07, 6.45) is -0.430. The summed E-state index contributed by atoms with van der Waals surface area (Å²) in [5.41, 5.74) is 0. The number of carbonyl (C=O) groups is 4. The number of rotatable bonds is 11. The monoisotopic (exact) mass is 557 g/mol. The summed E-state index contributed by atoms with van der Waals surface area (Å²) >= 11 is 0. The van der Waals surface area contributed by atoms with Gasteiger partial charge in [0, 0.05) is 6.54 Å². The molecule has 1 amide bonds. The number of hydrogen-bond acceptors (Lipinski definition) is 11. The zero-order valence-corrected chi connectivity index (χ0v) is 24.2. The Labute approximate surface area is 226 Å². The second kappa shape index (κ2) is 30.6. The Kier molecular flexibility index (Phi) is 34.2. The van der Waals surface area contributed by atoms with Crippen LogP contribution in [-0.2, 0) is 18.9 Å². The van der Waals surface area contributed by atoms with Crippen LogP contribution in [0.1, 0.15) is 100 Å². The largest absolute Gasteiger partial charge is 0.518 e. The molecule has 13 nitrogen and oxygen atoms in total. The maximum atomic E-state index is 11.0. The second-order valence-electron chi connectivity index (χ2n) is 7.62. The molecular formula is C25H51NO12. The number of aliphatic hydroxyl groups is 3. The zero-order chi connectivity index (χ0) is 30.5. The molecule has 38 heavy (non-hydrogen) atoms. The van der Waals surface area contributed by atoms with Gasteiger partial charge >= 0.3 is 24.6 Å². The highest BCUT2D eigenvalue weighted by Gasteiger charge is 2.15. The summed E-state index contributed by atoms with van der Waals surface area (Å²) in [5, 5.41) is 35.5. The molecule has 1 atom stereocenters. The number of alkyl carbamates (subject to hydrolysis) is 1. The Morgan fingerprint density at radius 1 is 0.632 bits per heavy atom. The number of nitrogens with one attached hydrogen (secondary N) is 1. The van der Waals surface area contributed by atoms with E-state index in [4.69, 9.17) is 25.2 Å². The van der Waals surface area contributed by atoms with E-state index in [0.29, 0.717) is 38.6 Å². The third kappa shape index (κ3) is 33.4. The average Bonchev–Trinajstić information content (AvgIpc) is 2.89. The van der Waals surface area contributed by atoms with E-state index in [1.54, 1.807) is 6.92 Å². The number of hydrogen-bond donors (Lipinski definition) is 5. The number of carbonyl (C=O) groups excluding carboxylic acids is 3. The highest BCUT2D eigenvalue weighted by atomic mass is 16.8. The smallest absolute Gasteiger partial charge is 0.449 e. The van der Waals surface area contributed by atoms with E-state index in [2.05, 4.69) is 19.5 Å². The molecule has 0 spiro atoms. The molecule has 0 aromatic heterocycles. The van der Waals surface area contributed by atoms with Gasteiger partial charge < -0.3 is 44.7 Å². The quantitative estimate of drug-likeness (QED) is 0.169. The van der Waals surface area contributed by atoms with E-state index in [1.165, 1.54) is 0 Å². The number of carboxylic acid groups (broad SMARTS) is 1. The van der Waals surface area contributed by atoms with Gasteiger partial charge in [-0.25, -0.2) is 19.2 Å². The first kappa shape index (κ1) is 42.4. The van der Waals surface area contributed by atoms with Crippen molar-refractivity contribution in [3.63, 3.8) is 0 Å². The Morgan fingerprint density at radius 3 is 1.21 bits per heavy atom. The molecule has 1 unspecified atom stereocenters. The Balaban J connectivity index is -0.000000217. The van der Waals surface area contributed by atoms with Crippen molar-refractivity contribution in [3.8, 4) is 0 Å². The maximum Gasteiger partial charge on any atom is 0.518 e. The van der Waals surface area contributed by atoms with Gasteiger partial charge in [-0.1, -0.05) is 48.5 Å². The Bertz CT molecular complexity index is 563. The third-order valence-electron chi connectivity index (χ3n) is 4.64. The molecule has 0 saturated heterocycles. The summed E-state index contributed by atoms with van der Waals surface area (Å²) in [6.45, 7) is 15.3. The fourth-order valence-electron chi connectivity index (χ4n) is 1.98. The molecule has 5 N–H and O–H groups in total. The van der Waals surface area contributed by atoms with E-state index < -0.39 is 30.7 Å². The van der Waals surface area contributed by atoms with Crippen LogP contribution in [0.25, 0.3) is 0 Å². The summed E-state index contributed by atoms with van der Waals surface area (Å²) in [5.74, 6) is 0. The topological polar surface area (TPSA) is 198 Å². The van der Waals surface area contributed by atoms with Crippen molar-refractivity contribution in [2.45, 2.75) is 125 Å². The highest BCUT2D eigenvalue weighted by molar-refractivity contribution is 5.80. The highest BCUT2D eigenvalue weighted by Crippen LogP contribution is 2.05. The van der Waals surface area contributed by atoms with Crippen LogP contribution in [0.3, 0.4) is 0 Å². The predicted octanol–water partition coefficient (Wildman–Crippen LogP) is 4.98. The maximum absolute atomic E-state index is 11.0. The molecule has 228 valence electrons. The standard InChI is InChI=1S/C9H17NO4.C7H12O5.C5H12O.C4H10O2/c1-4-7(5-2)13-9(12)14-8(11)10-6-3;1-3-5(4-2)11-7(10)12-6(8)9;1-3-5(6)4-2;1-2-4(6)3-5/h7H,4-6H2,1-3H3,(H,10,11);5H,3-4H2,1-2H3,(H,8,9);5-6H,3-4H2,1-2H3;4-6H,2-3H2,1H3. The molecule has 0 radical (unpaired) electrons. The third-order valence-corrected chi connectivity index (χ3v) is 4.64. The number of aliphatic hydroxyl groups excluding tert-OH is 3. The zero-order valence-electron chi connectivity index (χ0n) is 24.2. The Hall–Kier alpha value is -2.64. The molecule has 0 fully saturated rings. The lowest BCUT2D eigenvalue weighted by Crippen LogP contribution is -2.28. The van der Waals surface area contributed by atoms with Crippen molar-refractivity contribution in [1.29, 1.82) is 0 Å². The summed E-state index contributed by atoms with van der Waals surface area (Å²) in [4.78, 5) is 42.1.